The first-order valence-corrected chi connectivity index (χ1v) is 4.69. The SMILES string of the molecule is CC(C)(CN)C1(O)CCC1(C)C. The van der Waals surface area contributed by atoms with Gasteiger partial charge in [0.25, 0.3) is 0 Å². The summed E-state index contributed by atoms with van der Waals surface area (Å²) in [5.74, 6) is 0. The lowest BCUT2D eigenvalue weighted by Crippen LogP contribution is -2.64. The molecule has 0 aromatic rings. The Hall–Kier alpha value is -0.0800. The summed E-state index contributed by atoms with van der Waals surface area (Å²) in [6.07, 6.45) is 2.00. The van der Waals surface area contributed by atoms with E-state index >= 15 is 0 Å². The van der Waals surface area contributed by atoms with Gasteiger partial charge in [0.2, 0.25) is 0 Å². The minimum atomic E-state index is -0.561. The van der Waals surface area contributed by atoms with E-state index in [0.29, 0.717) is 6.54 Å². The highest BCUT2D eigenvalue weighted by Gasteiger charge is 2.59. The van der Waals surface area contributed by atoms with E-state index in [4.69, 9.17) is 5.73 Å². The van der Waals surface area contributed by atoms with Crippen molar-refractivity contribution in [2.75, 3.05) is 6.54 Å². The third kappa shape index (κ3) is 1.01. The fraction of sp³-hybridized carbons (Fsp3) is 1.00. The van der Waals surface area contributed by atoms with Crippen molar-refractivity contribution < 1.29 is 5.11 Å². The molecule has 0 heterocycles. The Bertz CT molecular complexity index is 186. The average Bonchev–Trinajstić information content (AvgIpc) is 2.01. The monoisotopic (exact) mass is 171 g/mol. The molecule has 1 aliphatic carbocycles. The second kappa shape index (κ2) is 2.46. The zero-order valence-corrected chi connectivity index (χ0v) is 8.65. The van der Waals surface area contributed by atoms with E-state index in [2.05, 4.69) is 13.8 Å². The second-order valence-corrected chi connectivity index (χ2v) is 5.33. The van der Waals surface area contributed by atoms with E-state index in [1.165, 1.54) is 0 Å². The molecule has 0 radical (unpaired) electrons. The van der Waals surface area contributed by atoms with Crippen molar-refractivity contribution in [1.82, 2.24) is 0 Å². The molecule has 1 unspecified atom stereocenters. The van der Waals surface area contributed by atoms with Gasteiger partial charge in [-0.3, -0.25) is 0 Å². The van der Waals surface area contributed by atoms with Gasteiger partial charge >= 0.3 is 0 Å². The lowest BCUT2D eigenvalue weighted by atomic mass is 9.49. The predicted octanol–water partition coefficient (Wildman–Crippen LogP) is 1.52. The second-order valence-electron chi connectivity index (χ2n) is 5.33. The summed E-state index contributed by atoms with van der Waals surface area (Å²) in [5, 5.41) is 10.4. The molecule has 72 valence electrons. The van der Waals surface area contributed by atoms with Crippen molar-refractivity contribution in [3.63, 3.8) is 0 Å². The molecule has 2 nitrogen and oxygen atoms in total. The van der Waals surface area contributed by atoms with Gasteiger partial charge in [-0.2, -0.15) is 0 Å². The summed E-state index contributed by atoms with van der Waals surface area (Å²) >= 11 is 0. The van der Waals surface area contributed by atoms with E-state index < -0.39 is 5.60 Å². The first-order chi connectivity index (χ1) is 5.27. The Morgan fingerprint density at radius 1 is 1.33 bits per heavy atom. The smallest absolute Gasteiger partial charge is 0.0761 e. The molecule has 0 saturated heterocycles. The summed E-state index contributed by atoms with van der Waals surface area (Å²) < 4.78 is 0. The first-order valence-electron chi connectivity index (χ1n) is 4.69. The van der Waals surface area contributed by atoms with Crippen molar-refractivity contribution in [1.29, 1.82) is 0 Å². The minimum absolute atomic E-state index is 0.0376. The Kier molecular flexibility index (Phi) is 2.05. The van der Waals surface area contributed by atoms with Gasteiger partial charge < -0.3 is 10.8 Å². The molecule has 1 rings (SSSR count). The van der Waals surface area contributed by atoms with Crippen LogP contribution in [0.15, 0.2) is 0 Å². The summed E-state index contributed by atoms with van der Waals surface area (Å²) in [7, 11) is 0. The molecule has 2 heteroatoms. The van der Waals surface area contributed by atoms with Crippen LogP contribution < -0.4 is 5.73 Å². The predicted molar refractivity (Wildman–Crippen MR) is 50.8 cm³/mol. The van der Waals surface area contributed by atoms with Crippen LogP contribution in [0.2, 0.25) is 0 Å². The van der Waals surface area contributed by atoms with Crippen LogP contribution in [0.4, 0.5) is 0 Å². The fourth-order valence-electron chi connectivity index (χ4n) is 2.29. The normalized spacial score (nSPS) is 34.5. The Morgan fingerprint density at radius 3 is 1.92 bits per heavy atom. The fourth-order valence-corrected chi connectivity index (χ4v) is 2.29. The van der Waals surface area contributed by atoms with E-state index in [0.717, 1.165) is 12.8 Å². The molecular formula is C10H21NO. The molecule has 1 saturated carbocycles. The van der Waals surface area contributed by atoms with Gasteiger partial charge in [-0.25, -0.2) is 0 Å². The van der Waals surface area contributed by atoms with Gasteiger partial charge in [-0.15, -0.1) is 0 Å². The third-order valence-electron chi connectivity index (χ3n) is 3.86. The molecule has 0 aromatic heterocycles. The Labute approximate surface area is 75.2 Å². The number of hydrogen-bond donors (Lipinski definition) is 2. The topological polar surface area (TPSA) is 46.2 Å². The van der Waals surface area contributed by atoms with E-state index in [-0.39, 0.29) is 10.8 Å². The molecule has 0 aromatic carbocycles. The maximum Gasteiger partial charge on any atom is 0.0761 e. The molecule has 1 aliphatic rings. The van der Waals surface area contributed by atoms with Gasteiger partial charge in [0.15, 0.2) is 0 Å². The standard InChI is InChI=1S/C10H21NO/c1-8(2)5-6-10(8,12)9(3,4)7-11/h12H,5-7,11H2,1-4H3. The number of aliphatic hydroxyl groups is 1. The van der Waals surface area contributed by atoms with Gasteiger partial charge in [0.1, 0.15) is 0 Å². The van der Waals surface area contributed by atoms with Crippen LogP contribution in [0.25, 0.3) is 0 Å². The number of hydrogen-bond acceptors (Lipinski definition) is 2. The summed E-state index contributed by atoms with van der Waals surface area (Å²) in [6.45, 7) is 8.89. The quantitative estimate of drug-likeness (QED) is 0.661. The van der Waals surface area contributed by atoms with Gasteiger partial charge in [-0.1, -0.05) is 27.7 Å². The maximum absolute atomic E-state index is 10.4. The lowest BCUT2D eigenvalue weighted by Gasteiger charge is -2.60. The molecule has 1 fully saturated rings. The van der Waals surface area contributed by atoms with Crippen LogP contribution in [0.1, 0.15) is 40.5 Å². The molecule has 0 spiro atoms. The lowest BCUT2D eigenvalue weighted by molar-refractivity contribution is -0.213. The zero-order valence-electron chi connectivity index (χ0n) is 8.65. The molecule has 0 amide bonds. The largest absolute Gasteiger partial charge is 0.389 e. The molecule has 1 atom stereocenters. The van der Waals surface area contributed by atoms with Crippen LogP contribution in [-0.4, -0.2) is 17.3 Å². The molecule has 0 bridgehead atoms. The van der Waals surface area contributed by atoms with Gasteiger partial charge in [0, 0.05) is 12.0 Å². The van der Waals surface area contributed by atoms with Crippen molar-refractivity contribution in [3.8, 4) is 0 Å². The van der Waals surface area contributed by atoms with Crippen LogP contribution in [0.3, 0.4) is 0 Å². The first kappa shape index (κ1) is 10.0. The van der Waals surface area contributed by atoms with E-state index in [9.17, 15) is 5.11 Å². The van der Waals surface area contributed by atoms with Gasteiger partial charge in [0.05, 0.1) is 5.60 Å². The van der Waals surface area contributed by atoms with Crippen molar-refractivity contribution >= 4 is 0 Å². The van der Waals surface area contributed by atoms with E-state index in [1.807, 2.05) is 13.8 Å². The van der Waals surface area contributed by atoms with Crippen LogP contribution in [0.5, 0.6) is 0 Å². The summed E-state index contributed by atoms with van der Waals surface area (Å²) in [4.78, 5) is 0. The summed E-state index contributed by atoms with van der Waals surface area (Å²) in [6, 6.07) is 0. The van der Waals surface area contributed by atoms with Crippen molar-refractivity contribution in [2.24, 2.45) is 16.6 Å². The highest BCUT2D eigenvalue weighted by Crippen LogP contribution is 2.57. The third-order valence-corrected chi connectivity index (χ3v) is 3.86. The summed E-state index contributed by atoms with van der Waals surface area (Å²) in [5.41, 5.74) is 4.98. The highest BCUT2D eigenvalue weighted by molar-refractivity contribution is 5.10. The number of rotatable bonds is 2. The Balaban J connectivity index is 2.87. The van der Waals surface area contributed by atoms with Crippen molar-refractivity contribution in [3.05, 3.63) is 0 Å². The Morgan fingerprint density at radius 2 is 1.83 bits per heavy atom. The van der Waals surface area contributed by atoms with Crippen LogP contribution in [-0.2, 0) is 0 Å². The van der Waals surface area contributed by atoms with Crippen molar-refractivity contribution in [2.45, 2.75) is 46.1 Å². The number of nitrogens with two attached hydrogens (primary N) is 1. The van der Waals surface area contributed by atoms with Gasteiger partial charge in [-0.05, 0) is 18.3 Å². The molecule has 0 aliphatic heterocycles. The average molecular weight is 171 g/mol. The maximum atomic E-state index is 10.4. The molecule has 12 heavy (non-hydrogen) atoms. The molecular weight excluding hydrogens is 150 g/mol. The minimum Gasteiger partial charge on any atom is -0.389 e. The van der Waals surface area contributed by atoms with E-state index in [1.54, 1.807) is 0 Å². The van der Waals surface area contributed by atoms with Crippen LogP contribution in [0, 0.1) is 10.8 Å². The zero-order chi connectivity index (χ0) is 9.62. The van der Waals surface area contributed by atoms with Crippen LogP contribution >= 0.6 is 0 Å². The molecule has 3 N–H and O–H groups in total. The highest BCUT2D eigenvalue weighted by atomic mass is 16.3.